The maximum absolute atomic E-state index is 13.9. The summed E-state index contributed by atoms with van der Waals surface area (Å²) in [6, 6.07) is 8.71. The standard InChI is InChI=1S/C23H17F5N6O4S/c1-39(36,37)33-16-5-3-2-4-15(16)17(12-6-8-14(24)9-7-12)34(22(35)19(27)28)23-29-10-13(11-30-23)20-31-32-21(38-20)18(25)26/h2-11,17-19,33H,1H3. The van der Waals surface area contributed by atoms with Gasteiger partial charge in [0, 0.05) is 18.0 Å². The number of nitrogens with zero attached hydrogens (tertiary/aromatic N) is 5. The van der Waals surface area contributed by atoms with Crippen molar-refractivity contribution in [3.8, 4) is 11.5 Å². The Morgan fingerprint density at radius 3 is 2.18 bits per heavy atom. The van der Waals surface area contributed by atoms with Crippen molar-refractivity contribution >= 4 is 27.6 Å². The van der Waals surface area contributed by atoms with Gasteiger partial charge in [-0.25, -0.2) is 22.8 Å². The molecule has 1 amide bonds. The van der Waals surface area contributed by atoms with E-state index in [0.29, 0.717) is 4.90 Å². The van der Waals surface area contributed by atoms with Crippen LogP contribution in [0.3, 0.4) is 0 Å². The van der Waals surface area contributed by atoms with Crippen LogP contribution < -0.4 is 9.62 Å². The zero-order chi connectivity index (χ0) is 28.3. The number of hydrogen-bond donors (Lipinski definition) is 1. The second kappa shape index (κ2) is 11.1. The summed E-state index contributed by atoms with van der Waals surface area (Å²) < 4.78 is 98.2. The van der Waals surface area contributed by atoms with Crippen molar-refractivity contribution < 1.29 is 39.6 Å². The van der Waals surface area contributed by atoms with E-state index in [1.54, 1.807) is 0 Å². The molecule has 1 atom stereocenters. The first kappa shape index (κ1) is 27.6. The molecule has 0 aliphatic carbocycles. The zero-order valence-electron chi connectivity index (χ0n) is 19.7. The summed E-state index contributed by atoms with van der Waals surface area (Å²) in [4.78, 5) is 21.3. The van der Waals surface area contributed by atoms with E-state index >= 15 is 0 Å². The summed E-state index contributed by atoms with van der Waals surface area (Å²) in [5, 5.41) is 6.63. The molecule has 1 unspecified atom stereocenters. The van der Waals surface area contributed by atoms with Crippen LogP contribution in [-0.2, 0) is 14.8 Å². The molecule has 0 spiro atoms. The first-order valence-corrected chi connectivity index (χ1v) is 12.7. The SMILES string of the molecule is CS(=O)(=O)Nc1ccccc1C(c1ccc(F)cc1)N(C(=O)C(F)F)c1ncc(-c2nnc(C(F)F)o2)cn1. The lowest BCUT2D eigenvalue weighted by molar-refractivity contribution is -0.129. The monoisotopic (exact) mass is 568 g/mol. The lowest BCUT2D eigenvalue weighted by atomic mass is 9.95. The van der Waals surface area contributed by atoms with Crippen LogP contribution in [0.15, 0.2) is 65.3 Å². The number of nitrogens with one attached hydrogen (secondary N) is 1. The van der Waals surface area contributed by atoms with E-state index in [1.165, 1.54) is 36.4 Å². The van der Waals surface area contributed by atoms with Gasteiger partial charge in [-0.15, -0.1) is 10.2 Å². The average Bonchev–Trinajstić information content (AvgIpc) is 3.38. The third-order valence-electron chi connectivity index (χ3n) is 5.15. The van der Waals surface area contributed by atoms with Gasteiger partial charge in [-0.05, 0) is 23.8 Å². The van der Waals surface area contributed by atoms with Gasteiger partial charge in [-0.2, -0.15) is 17.6 Å². The number of rotatable bonds is 9. The molecule has 0 aliphatic heterocycles. The third-order valence-corrected chi connectivity index (χ3v) is 5.74. The van der Waals surface area contributed by atoms with Crippen LogP contribution in [0, 0.1) is 5.82 Å². The van der Waals surface area contributed by atoms with E-state index < -0.39 is 52.5 Å². The highest BCUT2D eigenvalue weighted by Gasteiger charge is 2.36. The number of aromatic nitrogens is 4. The Kier molecular flexibility index (Phi) is 7.85. The predicted molar refractivity (Wildman–Crippen MR) is 127 cm³/mol. The molecular weight excluding hydrogens is 551 g/mol. The third kappa shape index (κ3) is 6.34. The number of carbonyl (C=O) groups is 1. The van der Waals surface area contributed by atoms with Crippen LogP contribution >= 0.6 is 0 Å². The Hall–Kier alpha value is -4.47. The summed E-state index contributed by atoms with van der Waals surface area (Å²) in [6.07, 6.45) is -3.76. The molecule has 0 fully saturated rings. The number of amides is 1. The van der Waals surface area contributed by atoms with Crippen molar-refractivity contribution in [2.24, 2.45) is 0 Å². The number of carbonyl (C=O) groups excluding carboxylic acids is 1. The molecule has 0 radical (unpaired) electrons. The van der Waals surface area contributed by atoms with E-state index in [4.69, 9.17) is 4.42 Å². The van der Waals surface area contributed by atoms with Crippen molar-refractivity contribution in [3.63, 3.8) is 0 Å². The second-order valence-corrected chi connectivity index (χ2v) is 9.69. The number of anilines is 2. The van der Waals surface area contributed by atoms with Crippen molar-refractivity contribution in [3.05, 3.63) is 83.8 Å². The minimum absolute atomic E-state index is 0.0367. The summed E-state index contributed by atoms with van der Waals surface area (Å²) in [5.74, 6) is -4.34. The first-order chi connectivity index (χ1) is 18.4. The lowest BCUT2D eigenvalue weighted by Crippen LogP contribution is -2.41. The van der Waals surface area contributed by atoms with E-state index in [0.717, 1.165) is 30.8 Å². The summed E-state index contributed by atoms with van der Waals surface area (Å²) in [6.45, 7) is 0. The van der Waals surface area contributed by atoms with Crippen molar-refractivity contribution in [1.82, 2.24) is 20.2 Å². The number of hydrogen-bond acceptors (Lipinski definition) is 8. The van der Waals surface area contributed by atoms with Crippen LogP contribution in [0.5, 0.6) is 0 Å². The number of halogens is 5. The largest absolute Gasteiger partial charge is 0.415 e. The Balaban J connectivity index is 1.88. The Morgan fingerprint density at radius 1 is 0.974 bits per heavy atom. The molecule has 39 heavy (non-hydrogen) atoms. The Labute approximate surface area is 217 Å². The van der Waals surface area contributed by atoms with Crippen LogP contribution in [-0.4, -0.2) is 47.2 Å². The molecule has 0 saturated carbocycles. The van der Waals surface area contributed by atoms with Gasteiger partial charge in [0.05, 0.1) is 23.5 Å². The maximum atomic E-state index is 13.9. The minimum atomic E-state index is -3.86. The van der Waals surface area contributed by atoms with Gasteiger partial charge in [0.15, 0.2) is 0 Å². The van der Waals surface area contributed by atoms with E-state index in [-0.39, 0.29) is 28.3 Å². The first-order valence-electron chi connectivity index (χ1n) is 10.8. The van der Waals surface area contributed by atoms with Crippen LogP contribution in [0.4, 0.5) is 33.6 Å². The van der Waals surface area contributed by atoms with Crippen molar-refractivity contribution in [2.75, 3.05) is 15.9 Å². The van der Waals surface area contributed by atoms with E-state index in [2.05, 4.69) is 24.9 Å². The molecule has 0 aliphatic rings. The van der Waals surface area contributed by atoms with E-state index in [9.17, 15) is 35.2 Å². The number of benzene rings is 2. The highest BCUT2D eigenvalue weighted by molar-refractivity contribution is 7.92. The molecule has 10 nitrogen and oxygen atoms in total. The smallest absolute Gasteiger partial charge is 0.316 e. The Morgan fingerprint density at radius 2 is 1.62 bits per heavy atom. The topological polar surface area (TPSA) is 131 Å². The van der Waals surface area contributed by atoms with Gasteiger partial charge in [-0.3, -0.25) is 14.4 Å². The average molecular weight is 568 g/mol. The molecule has 16 heteroatoms. The molecule has 2 aromatic carbocycles. The van der Waals surface area contributed by atoms with Gasteiger partial charge in [0.2, 0.25) is 16.0 Å². The van der Waals surface area contributed by atoms with E-state index in [1.807, 2.05) is 0 Å². The molecule has 0 bridgehead atoms. The molecule has 2 heterocycles. The number of para-hydroxylation sites is 1. The highest BCUT2D eigenvalue weighted by atomic mass is 32.2. The fourth-order valence-corrected chi connectivity index (χ4v) is 4.17. The Bertz CT molecular complexity index is 1570. The second-order valence-electron chi connectivity index (χ2n) is 7.94. The van der Waals surface area contributed by atoms with Gasteiger partial charge in [-0.1, -0.05) is 30.3 Å². The number of sulfonamides is 1. The molecular formula is C23H17F5N6O4S. The predicted octanol–water partition coefficient (Wildman–Crippen LogP) is 4.36. The quantitative estimate of drug-likeness (QED) is 0.295. The van der Waals surface area contributed by atoms with Gasteiger partial charge < -0.3 is 4.42 Å². The molecule has 4 aromatic rings. The summed E-state index contributed by atoms with van der Waals surface area (Å²) >= 11 is 0. The maximum Gasteiger partial charge on any atom is 0.316 e. The van der Waals surface area contributed by atoms with Crippen LogP contribution in [0.1, 0.15) is 29.5 Å². The molecule has 2 aromatic heterocycles. The molecule has 204 valence electrons. The van der Waals surface area contributed by atoms with Crippen molar-refractivity contribution in [2.45, 2.75) is 18.9 Å². The zero-order valence-corrected chi connectivity index (χ0v) is 20.5. The normalized spacial score (nSPS) is 12.5. The van der Waals surface area contributed by atoms with Gasteiger partial charge >= 0.3 is 12.9 Å². The summed E-state index contributed by atoms with van der Waals surface area (Å²) in [7, 11) is -3.86. The number of alkyl halides is 4. The molecule has 4 rings (SSSR count). The van der Waals surface area contributed by atoms with Crippen LogP contribution in [0.25, 0.3) is 11.5 Å². The molecule has 0 saturated heterocycles. The lowest BCUT2D eigenvalue weighted by Gasteiger charge is -2.32. The van der Waals surface area contributed by atoms with Gasteiger partial charge in [0.25, 0.3) is 17.7 Å². The van der Waals surface area contributed by atoms with Gasteiger partial charge in [0.1, 0.15) is 5.82 Å². The molecule has 1 N–H and O–H groups in total. The highest BCUT2D eigenvalue weighted by Crippen LogP contribution is 2.37. The van der Waals surface area contributed by atoms with Crippen molar-refractivity contribution in [1.29, 1.82) is 0 Å². The minimum Gasteiger partial charge on any atom is -0.415 e. The fraction of sp³-hybridized carbons (Fsp3) is 0.174. The van der Waals surface area contributed by atoms with Crippen LogP contribution in [0.2, 0.25) is 0 Å². The fourth-order valence-electron chi connectivity index (χ4n) is 3.58. The summed E-state index contributed by atoms with van der Waals surface area (Å²) in [5.41, 5.74) is 0.0393.